The van der Waals surface area contributed by atoms with Gasteiger partial charge in [-0.25, -0.2) is 0 Å². The minimum absolute atomic E-state index is 0.00561. The number of ether oxygens (including phenoxy) is 2. The molecule has 0 fully saturated rings. The Hall–Kier alpha value is -2.89. The number of hydrogen-bond donors (Lipinski definition) is 0. The van der Waals surface area contributed by atoms with Crippen molar-refractivity contribution < 1.29 is 19.2 Å². The summed E-state index contributed by atoms with van der Waals surface area (Å²) in [7, 11) is 3.10. The number of aryl methyl sites for hydroxylation is 1. The van der Waals surface area contributed by atoms with Crippen molar-refractivity contribution in [3.8, 4) is 11.5 Å². The Labute approximate surface area is 139 Å². The summed E-state index contributed by atoms with van der Waals surface area (Å²) in [5.41, 5.74) is 2.39. The van der Waals surface area contributed by atoms with Crippen LogP contribution in [-0.4, -0.2) is 24.9 Å². The quantitative estimate of drug-likeness (QED) is 0.634. The Bertz CT molecular complexity index is 798. The summed E-state index contributed by atoms with van der Waals surface area (Å²) in [6.07, 6.45) is 1.40. The molecule has 0 radical (unpaired) electrons. The van der Waals surface area contributed by atoms with Crippen LogP contribution in [0.1, 0.15) is 33.8 Å². The molecular weight excluding hydrogens is 310 g/mol. The van der Waals surface area contributed by atoms with E-state index in [-0.39, 0.29) is 17.4 Å². The van der Waals surface area contributed by atoms with Crippen LogP contribution in [0.25, 0.3) is 0 Å². The van der Waals surface area contributed by atoms with Gasteiger partial charge in [0.15, 0.2) is 17.3 Å². The molecule has 0 aromatic heterocycles. The molecule has 1 aliphatic rings. The standard InChI is InChI=1S/C18H17NO5/c1-23-16-9-12-5-8-14(18(20)15(12)10-17(16)24-2)11-3-6-13(7-4-11)19(21)22/h3-4,6-7,9-10,14H,5,8H2,1-2H3/t14-/m0/s1. The van der Waals surface area contributed by atoms with Crippen LogP contribution in [0.4, 0.5) is 5.69 Å². The van der Waals surface area contributed by atoms with Gasteiger partial charge in [-0.2, -0.15) is 0 Å². The monoisotopic (exact) mass is 327 g/mol. The van der Waals surface area contributed by atoms with Gasteiger partial charge in [-0.3, -0.25) is 14.9 Å². The minimum atomic E-state index is -0.446. The fraction of sp³-hybridized carbons (Fsp3) is 0.278. The molecule has 2 aromatic rings. The number of nitrogens with zero attached hydrogens (tertiary/aromatic N) is 1. The van der Waals surface area contributed by atoms with Gasteiger partial charge in [0.1, 0.15) is 0 Å². The second-order valence-electron chi connectivity index (χ2n) is 5.67. The second-order valence-corrected chi connectivity index (χ2v) is 5.67. The third-order valence-electron chi connectivity index (χ3n) is 4.40. The third-order valence-corrected chi connectivity index (χ3v) is 4.40. The zero-order chi connectivity index (χ0) is 17.3. The lowest BCUT2D eigenvalue weighted by atomic mass is 9.79. The highest BCUT2D eigenvalue weighted by molar-refractivity contribution is 6.03. The molecule has 0 N–H and O–H groups in total. The van der Waals surface area contributed by atoms with E-state index in [2.05, 4.69) is 0 Å². The Morgan fingerprint density at radius 1 is 1.08 bits per heavy atom. The number of hydrogen-bond acceptors (Lipinski definition) is 5. The van der Waals surface area contributed by atoms with E-state index in [1.165, 1.54) is 19.2 Å². The number of methoxy groups -OCH3 is 2. The largest absolute Gasteiger partial charge is 0.493 e. The van der Waals surface area contributed by atoms with E-state index in [1.54, 1.807) is 25.3 Å². The van der Waals surface area contributed by atoms with Gasteiger partial charge in [0.05, 0.1) is 19.1 Å². The predicted octanol–water partition coefficient (Wildman–Crippen LogP) is 3.52. The number of fused-ring (bicyclic) bond motifs is 1. The number of Topliss-reactive ketones (excluding diaryl/α,β-unsaturated/α-hetero) is 1. The Balaban J connectivity index is 1.95. The summed E-state index contributed by atoms with van der Waals surface area (Å²) < 4.78 is 10.6. The lowest BCUT2D eigenvalue weighted by Crippen LogP contribution is -2.21. The molecule has 0 unspecified atom stereocenters. The third kappa shape index (κ3) is 2.71. The molecule has 0 amide bonds. The molecule has 0 saturated carbocycles. The maximum atomic E-state index is 12.9. The van der Waals surface area contributed by atoms with Crippen LogP contribution in [0.15, 0.2) is 36.4 Å². The summed E-state index contributed by atoms with van der Waals surface area (Å²) >= 11 is 0. The van der Waals surface area contributed by atoms with Crippen LogP contribution in [0, 0.1) is 10.1 Å². The number of nitro benzene ring substituents is 1. The topological polar surface area (TPSA) is 78.7 Å². The number of benzene rings is 2. The van der Waals surface area contributed by atoms with E-state index in [0.717, 1.165) is 17.5 Å². The van der Waals surface area contributed by atoms with E-state index in [0.29, 0.717) is 23.5 Å². The van der Waals surface area contributed by atoms with Crippen LogP contribution in [0.5, 0.6) is 11.5 Å². The maximum absolute atomic E-state index is 12.9. The fourth-order valence-electron chi connectivity index (χ4n) is 3.12. The highest BCUT2D eigenvalue weighted by Gasteiger charge is 2.30. The van der Waals surface area contributed by atoms with E-state index in [4.69, 9.17) is 9.47 Å². The normalized spacial score (nSPS) is 16.4. The van der Waals surface area contributed by atoms with Crippen molar-refractivity contribution in [2.45, 2.75) is 18.8 Å². The first-order valence-corrected chi connectivity index (χ1v) is 7.58. The summed E-state index contributed by atoms with van der Waals surface area (Å²) in [6.45, 7) is 0. The molecular formula is C18H17NO5. The molecule has 6 nitrogen and oxygen atoms in total. The first kappa shape index (κ1) is 16.0. The summed E-state index contributed by atoms with van der Waals surface area (Å²) in [5.74, 6) is 0.842. The smallest absolute Gasteiger partial charge is 0.269 e. The molecule has 6 heteroatoms. The van der Waals surface area contributed by atoms with Crippen molar-refractivity contribution in [1.29, 1.82) is 0 Å². The predicted molar refractivity (Wildman–Crippen MR) is 88.0 cm³/mol. The molecule has 2 aromatic carbocycles. The first-order valence-electron chi connectivity index (χ1n) is 7.58. The molecule has 0 aliphatic heterocycles. The highest BCUT2D eigenvalue weighted by Crippen LogP contribution is 2.38. The summed E-state index contributed by atoms with van der Waals surface area (Å²) in [5, 5.41) is 10.8. The van der Waals surface area contributed by atoms with Gasteiger partial charge in [0.2, 0.25) is 0 Å². The molecule has 1 aliphatic carbocycles. The van der Waals surface area contributed by atoms with Gasteiger partial charge < -0.3 is 9.47 Å². The van der Waals surface area contributed by atoms with E-state index >= 15 is 0 Å². The van der Waals surface area contributed by atoms with Crippen molar-refractivity contribution in [3.05, 3.63) is 63.2 Å². The number of rotatable bonds is 4. The van der Waals surface area contributed by atoms with Gasteiger partial charge in [-0.1, -0.05) is 12.1 Å². The van der Waals surface area contributed by atoms with E-state index in [9.17, 15) is 14.9 Å². The van der Waals surface area contributed by atoms with Crippen LogP contribution >= 0.6 is 0 Å². The van der Waals surface area contributed by atoms with Crippen LogP contribution in [0.3, 0.4) is 0 Å². The van der Waals surface area contributed by atoms with Crippen molar-refractivity contribution in [1.82, 2.24) is 0 Å². The van der Waals surface area contributed by atoms with Crippen molar-refractivity contribution in [2.24, 2.45) is 0 Å². The minimum Gasteiger partial charge on any atom is -0.493 e. The zero-order valence-corrected chi connectivity index (χ0v) is 13.4. The molecule has 1 atom stereocenters. The van der Waals surface area contributed by atoms with Crippen LogP contribution in [-0.2, 0) is 6.42 Å². The van der Waals surface area contributed by atoms with Crippen LogP contribution < -0.4 is 9.47 Å². The lowest BCUT2D eigenvalue weighted by molar-refractivity contribution is -0.384. The first-order chi connectivity index (χ1) is 11.5. The molecule has 124 valence electrons. The Kier molecular flexibility index (Phi) is 4.20. The van der Waals surface area contributed by atoms with Gasteiger partial charge in [0.25, 0.3) is 5.69 Å². The van der Waals surface area contributed by atoms with Gasteiger partial charge >= 0.3 is 0 Å². The summed E-state index contributed by atoms with van der Waals surface area (Å²) in [6, 6.07) is 9.75. The molecule has 0 heterocycles. The average Bonchev–Trinajstić information content (AvgIpc) is 2.61. The highest BCUT2D eigenvalue weighted by atomic mass is 16.6. The van der Waals surface area contributed by atoms with E-state index < -0.39 is 4.92 Å². The van der Waals surface area contributed by atoms with Gasteiger partial charge in [-0.05, 0) is 36.1 Å². The molecule has 0 bridgehead atoms. The number of ketones is 1. The fourth-order valence-corrected chi connectivity index (χ4v) is 3.12. The maximum Gasteiger partial charge on any atom is 0.269 e. The van der Waals surface area contributed by atoms with Crippen molar-refractivity contribution in [3.63, 3.8) is 0 Å². The zero-order valence-electron chi connectivity index (χ0n) is 13.4. The van der Waals surface area contributed by atoms with Gasteiger partial charge in [0, 0.05) is 23.6 Å². The Morgan fingerprint density at radius 2 is 1.71 bits per heavy atom. The van der Waals surface area contributed by atoms with Crippen molar-refractivity contribution in [2.75, 3.05) is 14.2 Å². The Morgan fingerprint density at radius 3 is 2.29 bits per heavy atom. The number of carbonyl (C=O) groups is 1. The SMILES string of the molecule is COc1cc2c(cc1OC)C(=O)[C@H](c1ccc([N+](=O)[O-])cc1)CC2. The molecule has 0 spiro atoms. The molecule has 24 heavy (non-hydrogen) atoms. The summed E-state index contributed by atoms with van der Waals surface area (Å²) in [4.78, 5) is 23.2. The average molecular weight is 327 g/mol. The molecule has 0 saturated heterocycles. The second kappa shape index (κ2) is 6.31. The number of nitro groups is 1. The van der Waals surface area contributed by atoms with Crippen molar-refractivity contribution >= 4 is 11.5 Å². The van der Waals surface area contributed by atoms with Crippen LogP contribution in [0.2, 0.25) is 0 Å². The number of non-ortho nitro benzene ring substituents is 1. The van der Waals surface area contributed by atoms with Gasteiger partial charge in [-0.15, -0.1) is 0 Å². The molecule has 3 rings (SSSR count). The van der Waals surface area contributed by atoms with E-state index in [1.807, 2.05) is 6.07 Å². The number of carbonyl (C=O) groups excluding carboxylic acids is 1. The lowest BCUT2D eigenvalue weighted by Gasteiger charge is -2.25.